The van der Waals surface area contributed by atoms with E-state index in [1.165, 1.54) is 12.1 Å². The lowest BCUT2D eigenvalue weighted by Crippen LogP contribution is -2.42. The van der Waals surface area contributed by atoms with E-state index >= 15 is 0 Å². The molecule has 4 rings (SSSR count). The number of fused-ring (bicyclic) bond motifs is 3. The van der Waals surface area contributed by atoms with E-state index in [4.69, 9.17) is 0 Å². The van der Waals surface area contributed by atoms with Crippen molar-refractivity contribution in [2.45, 2.75) is 39.7 Å². The number of hydrogen-bond acceptors (Lipinski definition) is 2. The van der Waals surface area contributed by atoms with E-state index in [2.05, 4.69) is 13.8 Å². The second kappa shape index (κ2) is 7.41. The highest BCUT2D eigenvalue weighted by atomic mass is 19.1. The van der Waals surface area contributed by atoms with Gasteiger partial charge in [-0.3, -0.25) is 9.59 Å². The van der Waals surface area contributed by atoms with E-state index in [1.807, 2.05) is 17.2 Å². The molecule has 0 unspecified atom stereocenters. The maximum atomic E-state index is 13.9. The van der Waals surface area contributed by atoms with Gasteiger partial charge in [-0.15, -0.1) is 0 Å². The number of halogens is 1. The zero-order valence-electron chi connectivity index (χ0n) is 16.4. The van der Waals surface area contributed by atoms with Crippen LogP contribution in [-0.2, 0) is 11.3 Å². The largest absolute Gasteiger partial charge is 0.342 e. The predicted molar refractivity (Wildman–Crippen MR) is 108 cm³/mol. The van der Waals surface area contributed by atoms with Crippen LogP contribution in [0.3, 0.4) is 0 Å². The molecule has 0 N–H and O–H groups in total. The van der Waals surface area contributed by atoms with Crippen LogP contribution >= 0.6 is 0 Å². The fourth-order valence-electron chi connectivity index (χ4n) is 4.56. The first-order valence-corrected chi connectivity index (χ1v) is 10.0. The van der Waals surface area contributed by atoms with E-state index in [-0.39, 0.29) is 17.3 Å². The lowest BCUT2D eigenvalue weighted by molar-refractivity contribution is -0.134. The van der Waals surface area contributed by atoms with Crippen molar-refractivity contribution in [3.8, 4) is 0 Å². The number of hydrogen-bond donors (Lipinski definition) is 0. The van der Waals surface area contributed by atoms with Crippen molar-refractivity contribution in [3.63, 3.8) is 0 Å². The van der Waals surface area contributed by atoms with Crippen LogP contribution in [0.25, 0.3) is 16.6 Å². The minimum atomic E-state index is -0.375. The van der Waals surface area contributed by atoms with Crippen LogP contribution in [0.5, 0.6) is 0 Å². The smallest absolute Gasteiger partial charge is 0.275 e. The van der Waals surface area contributed by atoms with Crippen molar-refractivity contribution in [1.29, 1.82) is 0 Å². The summed E-state index contributed by atoms with van der Waals surface area (Å²) in [6, 6.07) is 8.06. The van der Waals surface area contributed by atoms with E-state index in [0.29, 0.717) is 42.3 Å². The number of aromatic nitrogens is 2. The second-order valence-corrected chi connectivity index (χ2v) is 8.20. The van der Waals surface area contributed by atoms with Crippen LogP contribution in [0.15, 0.2) is 41.3 Å². The molecule has 1 saturated heterocycles. The quantitative estimate of drug-likeness (QED) is 0.690. The third-order valence-electron chi connectivity index (χ3n) is 5.69. The van der Waals surface area contributed by atoms with Crippen molar-refractivity contribution >= 4 is 22.5 Å². The lowest BCUT2D eigenvalue weighted by atomic mass is 9.91. The highest BCUT2D eigenvalue weighted by Crippen LogP contribution is 2.22. The van der Waals surface area contributed by atoms with E-state index in [1.54, 1.807) is 21.1 Å². The molecule has 0 spiro atoms. The molecule has 2 aromatic heterocycles. The molecule has 1 fully saturated rings. The number of piperidine rings is 1. The number of aryl methyl sites for hydroxylation is 1. The van der Waals surface area contributed by atoms with E-state index in [0.717, 1.165) is 25.0 Å². The third-order valence-corrected chi connectivity index (χ3v) is 5.69. The van der Waals surface area contributed by atoms with Gasteiger partial charge in [0, 0.05) is 32.3 Å². The second-order valence-electron chi connectivity index (χ2n) is 8.20. The minimum absolute atomic E-state index is 0.144. The monoisotopic (exact) mass is 383 g/mol. The molecule has 148 valence electrons. The maximum Gasteiger partial charge on any atom is 0.275 e. The first kappa shape index (κ1) is 18.7. The molecule has 3 aromatic rings. The Morgan fingerprint density at radius 2 is 1.86 bits per heavy atom. The Hall–Kier alpha value is -2.63. The van der Waals surface area contributed by atoms with Crippen molar-refractivity contribution in [3.05, 3.63) is 52.7 Å². The molecule has 3 heterocycles. The molecule has 0 aliphatic carbocycles. The number of rotatable bonds is 4. The van der Waals surface area contributed by atoms with Crippen LogP contribution in [0.4, 0.5) is 4.39 Å². The van der Waals surface area contributed by atoms with Gasteiger partial charge in [0.2, 0.25) is 5.91 Å². The topological polar surface area (TPSA) is 46.7 Å². The summed E-state index contributed by atoms with van der Waals surface area (Å²) in [6.45, 7) is 6.39. The summed E-state index contributed by atoms with van der Waals surface area (Å²) in [7, 11) is 0. The molecule has 0 saturated carbocycles. The van der Waals surface area contributed by atoms with Gasteiger partial charge in [0.05, 0.1) is 11.0 Å². The highest BCUT2D eigenvalue weighted by Gasteiger charge is 2.25. The minimum Gasteiger partial charge on any atom is -0.342 e. The third kappa shape index (κ3) is 3.43. The van der Waals surface area contributed by atoms with Crippen LogP contribution in [0, 0.1) is 17.7 Å². The molecule has 1 aliphatic rings. The van der Waals surface area contributed by atoms with Crippen LogP contribution in [0.2, 0.25) is 0 Å². The average Bonchev–Trinajstić information content (AvgIpc) is 3.13. The number of nitrogens with zero attached hydrogens (tertiary/aromatic N) is 3. The SMILES string of the molecule is C[C@H]1C[C@H](C)CN(C(=O)CCCn2c(=O)c3cccn3c3ccc(F)cc32)C1. The van der Waals surface area contributed by atoms with Gasteiger partial charge in [-0.05, 0) is 55.0 Å². The summed E-state index contributed by atoms with van der Waals surface area (Å²) in [5.74, 6) is 0.822. The predicted octanol–water partition coefficient (Wildman–Crippen LogP) is 3.68. The Morgan fingerprint density at radius 3 is 2.61 bits per heavy atom. The first-order chi connectivity index (χ1) is 13.4. The van der Waals surface area contributed by atoms with Gasteiger partial charge < -0.3 is 13.9 Å². The molecule has 0 radical (unpaired) electrons. The molecule has 2 atom stereocenters. The van der Waals surface area contributed by atoms with Gasteiger partial charge in [0.15, 0.2) is 0 Å². The molecule has 6 heteroatoms. The van der Waals surface area contributed by atoms with Crippen molar-refractivity contribution in [2.75, 3.05) is 13.1 Å². The Labute approximate surface area is 163 Å². The first-order valence-electron chi connectivity index (χ1n) is 10.0. The Morgan fingerprint density at radius 1 is 1.11 bits per heavy atom. The number of carbonyl (C=O) groups is 1. The van der Waals surface area contributed by atoms with Crippen molar-refractivity contribution in [2.24, 2.45) is 11.8 Å². The van der Waals surface area contributed by atoms with Gasteiger partial charge in [0.1, 0.15) is 11.3 Å². The maximum absolute atomic E-state index is 13.9. The molecule has 1 aromatic carbocycles. The van der Waals surface area contributed by atoms with Gasteiger partial charge in [0.25, 0.3) is 5.56 Å². The summed E-state index contributed by atoms with van der Waals surface area (Å²) < 4.78 is 17.2. The molecule has 1 aliphatic heterocycles. The van der Waals surface area contributed by atoms with Gasteiger partial charge in [-0.1, -0.05) is 13.8 Å². The number of likely N-dealkylation sites (tertiary alicyclic amines) is 1. The molecular formula is C22H26FN3O2. The molecule has 5 nitrogen and oxygen atoms in total. The average molecular weight is 383 g/mol. The number of amides is 1. The molecule has 28 heavy (non-hydrogen) atoms. The lowest BCUT2D eigenvalue weighted by Gasteiger charge is -2.35. The summed E-state index contributed by atoms with van der Waals surface area (Å²) in [6.07, 6.45) is 3.92. The molecule has 1 amide bonds. The fourth-order valence-corrected chi connectivity index (χ4v) is 4.56. The van der Waals surface area contributed by atoms with E-state index in [9.17, 15) is 14.0 Å². The van der Waals surface area contributed by atoms with Gasteiger partial charge in [-0.25, -0.2) is 4.39 Å². The molecular weight excluding hydrogens is 357 g/mol. The number of carbonyl (C=O) groups excluding carboxylic acids is 1. The van der Waals surface area contributed by atoms with Crippen molar-refractivity contribution in [1.82, 2.24) is 13.9 Å². The zero-order valence-corrected chi connectivity index (χ0v) is 16.4. The van der Waals surface area contributed by atoms with E-state index < -0.39 is 0 Å². The van der Waals surface area contributed by atoms with Gasteiger partial charge in [-0.2, -0.15) is 0 Å². The van der Waals surface area contributed by atoms with Crippen LogP contribution < -0.4 is 5.56 Å². The fraction of sp³-hybridized carbons (Fsp3) is 0.455. The summed E-state index contributed by atoms with van der Waals surface area (Å²) in [5, 5.41) is 0. The standard InChI is InChI=1S/C22H26FN3O2/c1-15-11-16(2)14-24(13-15)21(27)6-4-10-26-20-12-17(23)7-8-18(20)25-9-3-5-19(25)22(26)28/h3,5,7-9,12,15-16H,4,6,10-11,13-14H2,1-2H3/t15-,16-/m0/s1. The Balaban J connectivity index is 1.56. The summed E-state index contributed by atoms with van der Waals surface area (Å²) in [4.78, 5) is 27.5. The Kier molecular flexibility index (Phi) is 4.96. The molecule has 0 bridgehead atoms. The van der Waals surface area contributed by atoms with Crippen LogP contribution in [0.1, 0.15) is 33.1 Å². The normalized spacial score (nSPS) is 20.2. The summed E-state index contributed by atoms with van der Waals surface area (Å²) >= 11 is 0. The van der Waals surface area contributed by atoms with Gasteiger partial charge >= 0.3 is 0 Å². The zero-order chi connectivity index (χ0) is 19.8. The summed E-state index contributed by atoms with van der Waals surface area (Å²) in [5.41, 5.74) is 1.74. The van der Waals surface area contributed by atoms with Crippen LogP contribution in [-0.4, -0.2) is 32.9 Å². The van der Waals surface area contributed by atoms with Crippen molar-refractivity contribution < 1.29 is 9.18 Å². The number of benzene rings is 1. The Bertz CT molecular complexity index is 1070. The highest BCUT2D eigenvalue weighted by molar-refractivity contribution is 5.79.